The summed E-state index contributed by atoms with van der Waals surface area (Å²) in [5, 5.41) is 0.439. The van der Waals surface area contributed by atoms with Crippen molar-refractivity contribution < 1.29 is 13.2 Å². The van der Waals surface area contributed by atoms with E-state index in [1.165, 1.54) is 6.07 Å². The number of piperidine rings is 1. The van der Waals surface area contributed by atoms with Crippen molar-refractivity contribution in [2.24, 2.45) is 5.92 Å². The summed E-state index contributed by atoms with van der Waals surface area (Å²) in [5.41, 5.74) is 0.477. The third-order valence-electron chi connectivity index (χ3n) is 4.05. The van der Waals surface area contributed by atoms with Crippen molar-refractivity contribution in [3.63, 3.8) is 0 Å². The first-order valence-electron chi connectivity index (χ1n) is 6.96. The molecule has 0 aliphatic carbocycles. The van der Waals surface area contributed by atoms with E-state index in [2.05, 4.69) is 22.9 Å². The molecule has 0 radical (unpaired) electrons. The fourth-order valence-corrected chi connectivity index (χ4v) is 3.10. The van der Waals surface area contributed by atoms with Gasteiger partial charge in [-0.3, -0.25) is 0 Å². The average molecular weight is 350 g/mol. The third kappa shape index (κ3) is 3.48. The lowest BCUT2D eigenvalue weighted by molar-refractivity contribution is -0.137. The Kier molecular flexibility index (Phi) is 4.99. The Morgan fingerprint density at radius 3 is 2.40 bits per heavy atom. The molecule has 1 aromatic carbocycles. The van der Waals surface area contributed by atoms with E-state index >= 15 is 0 Å². The molecular formula is C15H19BrF3N. The molecule has 0 unspecified atom stereocenters. The summed E-state index contributed by atoms with van der Waals surface area (Å²) in [6, 6.07) is 4.65. The van der Waals surface area contributed by atoms with Gasteiger partial charge >= 0.3 is 6.18 Å². The molecule has 0 atom stereocenters. The van der Waals surface area contributed by atoms with Gasteiger partial charge in [0.05, 0.1) is 5.56 Å². The monoisotopic (exact) mass is 349 g/mol. The lowest BCUT2D eigenvalue weighted by Gasteiger charge is -2.34. The second kappa shape index (κ2) is 6.37. The molecule has 0 amide bonds. The van der Waals surface area contributed by atoms with Gasteiger partial charge < -0.3 is 4.90 Å². The molecule has 1 aliphatic heterocycles. The zero-order chi connectivity index (χ0) is 14.8. The van der Waals surface area contributed by atoms with Gasteiger partial charge in [0.25, 0.3) is 0 Å². The Bertz CT molecular complexity index is 451. The maximum Gasteiger partial charge on any atom is 0.418 e. The van der Waals surface area contributed by atoms with Crippen LogP contribution in [0.2, 0.25) is 0 Å². The summed E-state index contributed by atoms with van der Waals surface area (Å²) < 4.78 is 39.7. The van der Waals surface area contributed by atoms with Crippen LogP contribution in [0.3, 0.4) is 0 Å². The predicted octanol–water partition coefficient (Wildman–Crippen LogP) is 5.23. The number of alkyl halides is 4. The zero-order valence-electron chi connectivity index (χ0n) is 11.5. The Morgan fingerprint density at radius 2 is 1.90 bits per heavy atom. The van der Waals surface area contributed by atoms with Crippen molar-refractivity contribution in [1.29, 1.82) is 0 Å². The fourth-order valence-electron chi connectivity index (χ4n) is 2.75. The van der Waals surface area contributed by atoms with Gasteiger partial charge in [-0.15, -0.1) is 0 Å². The standard InChI is InChI=1S/C15H19BrF3N/c1-2-11-5-7-20(8-6-11)14-4-3-12(10-16)9-13(14)15(17,18)19/h3-4,9,11H,2,5-8,10H2,1H3. The molecule has 1 heterocycles. The van der Waals surface area contributed by atoms with Crippen molar-refractivity contribution in [3.05, 3.63) is 29.3 Å². The van der Waals surface area contributed by atoms with Gasteiger partial charge in [-0.2, -0.15) is 13.2 Å². The fraction of sp³-hybridized carbons (Fsp3) is 0.600. The number of anilines is 1. The Morgan fingerprint density at radius 1 is 1.25 bits per heavy atom. The molecule has 5 heteroatoms. The van der Waals surface area contributed by atoms with Crippen molar-refractivity contribution in [2.75, 3.05) is 18.0 Å². The van der Waals surface area contributed by atoms with E-state index < -0.39 is 11.7 Å². The Hall–Kier alpha value is -0.710. The summed E-state index contributed by atoms with van der Waals surface area (Å²) in [7, 11) is 0. The van der Waals surface area contributed by atoms with Gasteiger partial charge in [-0.1, -0.05) is 35.3 Å². The number of rotatable bonds is 3. The highest BCUT2D eigenvalue weighted by Gasteiger charge is 2.35. The summed E-state index contributed by atoms with van der Waals surface area (Å²) >= 11 is 3.22. The van der Waals surface area contributed by atoms with E-state index in [4.69, 9.17) is 0 Å². The number of hydrogen-bond donors (Lipinski definition) is 0. The molecule has 2 rings (SSSR count). The molecule has 0 bridgehead atoms. The predicted molar refractivity (Wildman–Crippen MR) is 79.3 cm³/mol. The molecule has 1 aromatic rings. The second-order valence-electron chi connectivity index (χ2n) is 5.32. The van der Waals surface area contributed by atoms with Gasteiger partial charge in [0.2, 0.25) is 0 Å². The lowest BCUT2D eigenvalue weighted by Crippen LogP contribution is -2.34. The molecule has 0 saturated carbocycles. The van der Waals surface area contributed by atoms with Crippen LogP contribution in [0.15, 0.2) is 18.2 Å². The van der Waals surface area contributed by atoms with E-state index in [0.717, 1.165) is 32.4 Å². The quantitative estimate of drug-likeness (QED) is 0.675. The van der Waals surface area contributed by atoms with Gasteiger partial charge in [0.15, 0.2) is 0 Å². The molecule has 0 aromatic heterocycles. The number of nitrogens with zero attached hydrogens (tertiary/aromatic N) is 1. The summed E-state index contributed by atoms with van der Waals surface area (Å²) in [6.07, 6.45) is -1.22. The van der Waals surface area contributed by atoms with Crippen LogP contribution >= 0.6 is 15.9 Å². The van der Waals surface area contributed by atoms with Crippen molar-refractivity contribution in [2.45, 2.75) is 37.7 Å². The van der Waals surface area contributed by atoms with Crippen LogP contribution < -0.4 is 4.90 Å². The molecule has 0 spiro atoms. The van der Waals surface area contributed by atoms with Crippen LogP contribution in [0.1, 0.15) is 37.3 Å². The smallest absolute Gasteiger partial charge is 0.371 e. The summed E-state index contributed by atoms with van der Waals surface area (Å²) in [5.74, 6) is 0.655. The van der Waals surface area contributed by atoms with E-state index in [9.17, 15) is 13.2 Å². The largest absolute Gasteiger partial charge is 0.418 e. The first-order chi connectivity index (χ1) is 9.45. The summed E-state index contributed by atoms with van der Waals surface area (Å²) in [6.45, 7) is 3.58. The maximum absolute atomic E-state index is 13.2. The van der Waals surface area contributed by atoms with Crippen LogP contribution in [0, 0.1) is 5.92 Å². The van der Waals surface area contributed by atoms with E-state index in [1.807, 2.05) is 4.90 Å². The van der Waals surface area contributed by atoms with E-state index in [0.29, 0.717) is 22.5 Å². The van der Waals surface area contributed by atoms with Gasteiger partial charge in [0.1, 0.15) is 0 Å². The number of halogens is 4. The molecule has 1 aliphatic rings. The summed E-state index contributed by atoms with van der Waals surface area (Å²) in [4.78, 5) is 1.88. The minimum atomic E-state index is -4.30. The first kappa shape index (κ1) is 15.7. The first-order valence-corrected chi connectivity index (χ1v) is 8.09. The van der Waals surface area contributed by atoms with Gasteiger partial charge in [0, 0.05) is 24.1 Å². The number of hydrogen-bond acceptors (Lipinski definition) is 1. The van der Waals surface area contributed by atoms with Gasteiger partial charge in [-0.05, 0) is 36.5 Å². The topological polar surface area (TPSA) is 3.24 Å². The maximum atomic E-state index is 13.2. The molecular weight excluding hydrogens is 331 g/mol. The van der Waals surface area contributed by atoms with Crippen LogP contribution in [-0.2, 0) is 11.5 Å². The molecule has 1 fully saturated rings. The molecule has 0 N–H and O–H groups in total. The van der Waals surface area contributed by atoms with Crippen LogP contribution in [0.4, 0.5) is 18.9 Å². The van der Waals surface area contributed by atoms with Gasteiger partial charge in [-0.25, -0.2) is 0 Å². The van der Waals surface area contributed by atoms with Crippen molar-refractivity contribution in [1.82, 2.24) is 0 Å². The molecule has 20 heavy (non-hydrogen) atoms. The second-order valence-corrected chi connectivity index (χ2v) is 5.88. The molecule has 1 saturated heterocycles. The third-order valence-corrected chi connectivity index (χ3v) is 4.70. The average Bonchev–Trinajstić information content (AvgIpc) is 2.46. The van der Waals surface area contributed by atoms with Crippen LogP contribution in [0.25, 0.3) is 0 Å². The minimum absolute atomic E-state index is 0.330. The SMILES string of the molecule is CCC1CCN(c2ccc(CBr)cc2C(F)(F)F)CC1. The molecule has 112 valence electrons. The van der Waals surface area contributed by atoms with Crippen LogP contribution in [0.5, 0.6) is 0 Å². The highest BCUT2D eigenvalue weighted by atomic mass is 79.9. The van der Waals surface area contributed by atoms with Crippen molar-refractivity contribution in [3.8, 4) is 0 Å². The number of benzene rings is 1. The normalized spacial score (nSPS) is 17.6. The van der Waals surface area contributed by atoms with E-state index in [-0.39, 0.29) is 0 Å². The Balaban J connectivity index is 2.27. The minimum Gasteiger partial charge on any atom is -0.371 e. The highest BCUT2D eigenvalue weighted by Crippen LogP contribution is 2.39. The van der Waals surface area contributed by atoms with E-state index in [1.54, 1.807) is 12.1 Å². The lowest BCUT2D eigenvalue weighted by atomic mass is 9.93. The van der Waals surface area contributed by atoms with Crippen molar-refractivity contribution >= 4 is 21.6 Å². The Labute approximate surface area is 126 Å². The van der Waals surface area contributed by atoms with Crippen LogP contribution in [-0.4, -0.2) is 13.1 Å². The zero-order valence-corrected chi connectivity index (χ0v) is 13.1. The highest BCUT2D eigenvalue weighted by molar-refractivity contribution is 9.08. The molecule has 1 nitrogen and oxygen atoms in total.